The summed E-state index contributed by atoms with van der Waals surface area (Å²) in [5.41, 5.74) is 4.51. The fourth-order valence-electron chi connectivity index (χ4n) is 4.03. The fourth-order valence-corrected chi connectivity index (χ4v) is 4.03. The smallest absolute Gasteiger partial charge is 0.407 e. The molecule has 8 nitrogen and oxygen atoms in total. The van der Waals surface area contributed by atoms with E-state index in [1.54, 1.807) is 0 Å². The summed E-state index contributed by atoms with van der Waals surface area (Å²) in [5.74, 6) is 0.604. The summed E-state index contributed by atoms with van der Waals surface area (Å²) in [5, 5.41) is 11.5. The van der Waals surface area contributed by atoms with Crippen LogP contribution in [-0.4, -0.2) is 47.7 Å². The number of rotatable bonds is 8. The summed E-state index contributed by atoms with van der Waals surface area (Å²) >= 11 is 0. The summed E-state index contributed by atoms with van der Waals surface area (Å²) < 4.78 is 10.9. The van der Waals surface area contributed by atoms with Gasteiger partial charge in [-0.1, -0.05) is 54.5 Å². The zero-order chi connectivity index (χ0) is 24.1. The van der Waals surface area contributed by atoms with E-state index in [1.165, 1.54) is 12.1 Å². The Kier molecular flexibility index (Phi) is 6.64. The highest BCUT2D eigenvalue weighted by molar-refractivity contribution is 5.93. The number of terminal acetylenes is 1. The molecule has 1 heterocycles. The van der Waals surface area contributed by atoms with E-state index in [4.69, 9.17) is 20.7 Å². The number of carbonyl (C=O) groups excluding carboxylic acids is 2. The van der Waals surface area contributed by atoms with Crippen molar-refractivity contribution >= 4 is 18.0 Å². The Balaban J connectivity index is 1.33. The van der Waals surface area contributed by atoms with Crippen LogP contribution in [0.5, 0.6) is 0 Å². The van der Waals surface area contributed by atoms with E-state index in [2.05, 4.69) is 23.4 Å². The average molecular weight is 458 g/mol. The molecule has 8 heteroatoms. The zero-order valence-electron chi connectivity index (χ0n) is 18.2. The number of nitrogens with zero attached hydrogens (tertiary/aromatic N) is 1. The van der Waals surface area contributed by atoms with Crippen LogP contribution < -0.4 is 5.32 Å². The minimum Gasteiger partial charge on any atom is -0.480 e. The van der Waals surface area contributed by atoms with Crippen molar-refractivity contribution in [2.45, 2.75) is 12.5 Å². The number of alkyl carbamates (subject to hydrolysis) is 1. The van der Waals surface area contributed by atoms with Crippen LogP contribution in [0.15, 0.2) is 65.1 Å². The van der Waals surface area contributed by atoms with Crippen molar-refractivity contribution in [3.63, 3.8) is 0 Å². The Morgan fingerprint density at radius 3 is 2.29 bits per heavy atom. The van der Waals surface area contributed by atoms with Gasteiger partial charge in [0.25, 0.3) is 5.91 Å². The van der Waals surface area contributed by atoms with E-state index >= 15 is 0 Å². The SMILES string of the molecule is C#CCN(CC(=O)O)C(=O)c1ccc(CNC(=O)OCC2c3ccccc3-c3ccccc32)o1. The van der Waals surface area contributed by atoms with Gasteiger partial charge in [-0.15, -0.1) is 6.42 Å². The second-order valence-electron chi connectivity index (χ2n) is 7.70. The minimum atomic E-state index is -1.19. The van der Waals surface area contributed by atoms with E-state index in [1.807, 2.05) is 36.4 Å². The number of ether oxygens (including phenoxy) is 1. The molecule has 2 N–H and O–H groups in total. The number of carbonyl (C=O) groups is 3. The van der Waals surface area contributed by atoms with Crippen molar-refractivity contribution < 1.29 is 28.6 Å². The summed E-state index contributed by atoms with van der Waals surface area (Å²) in [7, 11) is 0. The van der Waals surface area contributed by atoms with Crippen LogP contribution in [0.25, 0.3) is 11.1 Å². The molecule has 2 amide bonds. The van der Waals surface area contributed by atoms with Gasteiger partial charge in [0.2, 0.25) is 0 Å². The molecule has 1 aromatic heterocycles. The molecule has 0 bridgehead atoms. The number of hydrogen-bond acceptors (Lipinski definition) is 5. The molecule has 0 spiro atoms. The quantitative estimate of drug-likeness (QED) is 0.501. The Morgan fingerprint density at radius 2 is 1.68 bits per heavy atom. The van der Waals surface area contributed by atoms with Crippen LogP contribution >= 0.6 is 0 Å². The van der Waals surface area contributed by atoms with Gasteiger partial charge in [-0.05, 0) is 34.4 Å². The summed E-state index contributed by atoms with van der Waals surface area (Å²) in [6.07, 6.45) is 4.59. The molecule has 1 aliphatic rings. The zero-order valence-corrected chi connectivity index (χ0v) is 18.2. The average Bonchev–Trinajstić information content (AvgIpc) is 3.43. The molecule has 1 aliphatic carbocycles. The van der Waals surface area contributed by atoms with Crippen molar-refractivity contribution in [1.82, 2.24) is 10.2 Å². The third kappa shape index (κ3) is 4.79. The van der Waals surface area contributed by atoms with Crippen LogP contribution in [0.2, 0.25) is 0 Å². The monoisotopic (exact) mass is 458 g/mol. The van der Waals surface area contributed by atoms with Gasteiger partial charge in [0, 0.05) is 5.92 Å². The number of amides is 2. The maximum absolute atomic E-state index is 12.4. The van der Waals surface area contributed by atoms with Crippen molar-refractivity contribution in [1.29, 1.82) is 0 Å². The van der Waals surface area contributed by atoms with Gasteiger partial charge in [-0.2, -0.15) is 0 Å². The second-order valence-corrected chi connectivity index (χ2v) is 7.70. The highest BCUT2D eigenvalue weighted by atomic mass is 16.5. The number of hydrogen-bond donors (Lipinski definition) is 2. The first-order valence-corrected chi connectivity index (χ1v) is 10.6. The first kappa shape index (κ1) is 22.7. The standard InChI is InChI=1S/C26H22N2O6/c1-2-13-28(15-24(29)30)25(31)23-12-11-17(34-23)14-27-26(32)33-16-22-20-9-5-3-7-18(20)19-8-4-6-10-21(19)22/h1,3-12,22H,13-16H2,(H,27,32)(H,29,30). The minimum absolute atomic E-state index is 0.00196. The van der Waals surface area contributed by atoms with E-state index in [0.29, 0.717) is 5.76 Å². The number of carboxylic acid groups (broad SMARTS) is 1. The number of aliphatic carboxylic acids is 1. The predicted molar refractivity (Wildman–Crippen MR) is 123 cm³/mol. The van der Waals surface area contributed by atoms with E-state index in [9.17, 15) is 14.4 Å². The molecular formula is C26H22N2O6. The molecule has 0 fully saturated rings. The van der Waals surface area contributed by atoms with E-state index in [-0.39, 0.29) is 31.4 Å². The number of fused-ring (bicyclic) bond motifs is 3. The highest BCUT2D eigenvalue weighted by Gasteiger charge is 2.29. The lowest BCUT2D eigenvalue weighted by atomic mass is 9.98. The predicted octanol–water partition coefficient (Wildman–Crippen LogP) is 3.48. The van der Waals surface area contributed by atoms with Crippen LogP contribution in [0, 0.1) is 12.3 Å². The molecular weight excluding hydrogens is 436 g/mol. The van der Waals surface area contributed by atoms with E-state index in [0.717, 1.165) is 27.2 Å². The lowest BCUT2D eigenvalue weighted by Crippen LogP contribution is -2.35. The molecule has 2 aromatic carbocycles. The highest BCUT2D eigenvalue weighted by Crippen LogP contribution is 2.44. The Morgan fingerprint density at radius 1 is 1.03 bits per heavy atom. The maximum atomic E-state index is 12.4. The molecule has 3 aromatic rings. The third-order valence-electron chi connectivity index (χ3n) is 5.52. The summed E-state index contributed by atoms with van der Waals surface area (Å²) in [4.78, 5) is 36.7. The van der Waals surface area contributed by atoms with Gasteiger partial charge in [0.15, 0.2) is 5.76 Å². The summed E-state index contributed by atoms with van der Waals surface area (Å²) in [6, 6.07) is 19.0. The van der Waals surface area contributed by atoms with Crippen LogP contribution in [0.4, 0.5) is 4.79 Å². The number of carboxylic acids is 1. The van der Waals surface area contributed by atoms with Crippen LogP contribution in [0.3, 0.4) is 0 Å². The van der Waals surface area contributed by atoms with Crippen LogP contribution in [-0.2, 0) is 16.1 Å². The first-order valence-electron chi connectivity index (χ1n) is 10.6. The normalized spacial score (nSPS) is 11.7. The molecule has 0 saturated carbocycles. The van der Waals surface area contributed by atoms with Crippen LogP contribution in [0.1, 0.15) is 33.4 Å². The molecule has 0 atom stereocenters. The molecule has 0 radical (unpaired) electrons. The van der Waals surface area contributed by atoms with Gasteiger partial charge >= 0.3 is 12.1 Å². The molecule has 0 saturated heterocycles. The molecule has 172 valence electrons. The van der Waals surface area contributed by atoms with Crippen molar-refractivity contribution in [3.8, 4) is 23.5 Å². The summed E-state index contributed by atoms with van der Waals surface area (Å²) in [6.45, 7) is -0.535. The fraction of sp³-hybridized carbons (Fsp3) is 0.192. The van der Waals surface area contributed by atoms with Gasteiger partial charge in [0.1, 0.15) is 18.9 Å². The Bertz CT molecular complexity index is 1230. The van der Waals surface area contributed by atoms with Gasteiger partial charge in [0.05, 0.1) is 13.1 Å². The molecule has 4 rings (SSSR count). The Hall–Kier alpha value is -4.51. The molecule has 34 heavy (non-hydrogen) atoms. The largest absolute Gasteiger partial charge is 0.480 e. The van der Waals surface area contributed by atoms with Crippen molar-refractivity contribution in [2.24, 2.45) is 0 Å². The van der Waals surface area contributed by atoms with Gasteiger partial charge < -0.3 is 24.5 Å². The lowest BCUT2D eigenvalue weighted by Gasteiger charge is -2.16. The maximum Gasteiger partial charge on any atom is 0.407 e. The number of nitrogens with one attached hydrogen (secondary N) is 1. The topological polar surface area (TPSA) is 109 Å². The van der Waals surface area contributed by atoms with Crippen molar-refractivity contribution in [3.05, 3.63) is 83.3 Å². The lowest BCUT2D eigenvalue weighted by molar-refractivity contribution is -0.137. The molecule has 0 aliphatic heterocycles. The molecule has 0 unspecified atom stereocenters. The Labute approximate surface area is 196 Å². The number of benzene rings is 2. The van der Waals surface area contributed by atoms with E-state index < -0.39 is 24.5 Å². The van der Waals surface area contributed by atoms with Crippen molar-refractivity contribution in [2.75, 3.05) is 19.7 Å². The van der Waals surface area contributed by atoms with Gasteiger partial charge in [-0.25, -0.2) is 4.79 Å². The number of furan rings is 1. The third-order valence-corrected chi connectivity index (χ3v) is 5.52. The van der Waals surface area contributed by atoms with Gasteiger partial charge in [-0.3, -0.25) is 9.59 Å². The second kappa shape index (κ2) is 9.96. The first-order chi connectivity index (χ1) is 16.5.